The van der Waals surface area contributed by atoms with Crippen molar-refractivity contribution in [3.8, 4) is 11.6 Å². The number of rotatable bonds is 5. The van der Waals surface area contributed by atoms with E-state index in [4.69, 9.17) is 4.74 Å². The average molecular weight is 493 g/mol. The summed E-state index contributed by atoms with van der Waals surface area (Å²) >= 11 is 0. The van der Waals surface area contributed by atoms with E-state index in [2.05, 4.69) is 19.9 Å². The van der Waals surface area contributed by atoms with Crippen molar-refractivity contribution in [1.29, 1.82) is 0 Å². The Bertz CT molecular complexity index is 1360. The number of halogens is 3. The number of carbonyl (C=O) groups is 1. The van der Waals surface area contributed by atoms with E-state index < -0.39 is 11.7 Å². The van der Waals surface area contributed by atoms with Crippen LogP contribution in [0, 0.1) is 0 Å². The van der Waals surface area contributed by atoms with Gasteiger partial charge in [0.2, 0.25) is 5.88 Å². The van der Waals surface area contributed by atoms with Crippen LogP contribution in [0.1, 0.15) is 21.7 Å². The van der Waals surface area contributed by atoms with E-state index >= 15 is 0 Å². The lowest BCUT2D eigenvalue weighted by Gasteiger charge is -2.34. The topological polar surface area (TPSA) is 71.5 Å². The van der Waals surface area contributed by atoms with E-state index in [1.165, 1.54) is 6.07 Å². The molecule has 1 saturated heterocycles. The molecule has 1 aliphatic rings. The number of carbonyl (C=O) groups excluding carboxylic acids is 1. The molecule has 0 saturated carbocycles. The summed E-state index contributed by atoms with van der Waals surface area (Å²) in [4.78, 5) is 29.7. The second-order valence-electron chi connectivity index (χ2n) is 8.43. The van der Waals surface area contributed by atoms with Crippen LogP contribution >= 0.6 is 0 Å². The highest BCUT2D eigenvalue weighted by molar-refractivity contribution is 5.95. The molecule has 4 heterocycles. The largest absolute Gasteiger partial charge is 0.439 e. The standard InChI is InChI=1S/C26H22F3N5O2/c27-26(28,29)19-5-9-24(31-16-19)36-21-6-8-22-18(15-21)4-7-23(32-22)25(35)34-13-11-33(12-14-34)17-20-3-1-2-10-30-20/h1-10,15-16H,11-14,17H2. The molecule has 0 atom stereocenters. The summed E-state index contributed by atoms with van der Waals surface area (Å²) in [6.45, 7) is 3.49. The zero-order chi connectivity index (χ0) is 25.1. The van der Waals surface area contributed by atoms with Gasteiger partial charge < -0.3 is 9.64 Å². The minimum Gasteiger partial charge on any atom is -0.439 e. The molecule has 1 aromatic carbocycles. The first-order valence-electron chi connectivity index (χ1n) is 11.4. The van der Waals surface area contributed by atoms with Crippen molar-refractivity contribution in [1.82, 2.24) is 24.8 Å². The van der Waals surface area contributed by atoms with Crippen LogP contribution in [-0.4, -0.2) is 56.8 Å². The molecule has 4 aromatic rings. The Balaban J connectivity index is 1.22. The van der Waals surface area contributed by atoms with Gasteiger partial charge in [0.05, 0.1) is 16.8 Å². The predicted octanol–water partition coefficient (Wildman–Crippen LogP) is 4.79. The lowest BCUT2D eigenvalue weighted by molar-refractivity contribution is -0.137. The fraction of sp³-hybridized carbons (Fsp3) is 0.231. The van der Waals surface area contributed by atoms with Crippen LogP contribution in [0.5, 0.6) is 11.6 Å². The van der Waals surface area contributed by atoms with Crippen LogP contribution < -0.4 is 4.74 Å². The van der Waals surface area contributed by atoms with Crippen molar-refractivity contribution < 1.29 is 22.7 Å². The summed E-state index contributed by atoms with van der Waals surface area (Å²) in [5, 5.41) is 0.733. The highest BCUT2D eigenvalue weighted by Gasteiger charge is 2.30. The van der Waals surface area contributed by atoms with E-state index in [0.29, 0.717) is 30.0 Å². The van der Waals surface area contributed by atoms with E-state index in [1.807, 2.05) is 18.2 Å². The van der Waals surface area contributed by atoms with Gasteiger partial charge in [0.1, 0.15) is 11.4 Å². The van der Waals surface area contributed by atoms with Crippen LogP contribution in [0.25, 0.3) is 10.9 Å². The number of piperazine rings is 1. The van der Waals surface area contributed by atoms with Gasteiger partial charge in [0, 0.05) is 56.6 Å². The maximum absolute atomic E-state index is 13.0. The summed E-state index contributed by atoms with van der Waals surface area (Å²) in [6.07, 6.45) is -1.95. The maximum atomic E-state index is 13.0. The molecule has 10 heteroatoms. The van der Waals surface area contributed by atoms with E-state index in [0.717, 1.165) is 43.0 Å². The molecule has 0 spiro atoms. The number of aromatic nitrogens is 3. The molecule has 0 unspecified atom stereocenters. The molecule has 0 aliphatic carbocycles. The van der Waals surface area contributed by atoms with Gasteiger partial charge in [-0.2, -0.15) is 13.2 Å². The molecular formula is C26H22F3N5O2. The van der Waals surface area contributed by atoms with Crippen LogP contribution in [-0.2, 0) is 12.7 Å². The number of hydrogen-bond donors (Lipinski definition) is 0. The van der Waals surface area contributed by atoms with Crippen molar-refractivity contribution in [3.05, 3.63) is 90.0 Å². The quantitative estimate of drug-likeness (QED) is 0.398. The Morgan fingerprint density at radius 1 is 0.944 bits per heavy atom. The molecule has 7 nitrogen and oxygen atoms in total. The number of ether oxygens (including phenoxy) is 1. The SMILES string of the molecule is O=C(c1ccc2cc(Oc3ccc(C(F)(F)F)cn3)ccc2n1)N1CCN(Cc2ccccn2)CC1. The molecule has 1 aliphatic heterocycles. The predicted molar refractivity (Wildman–Crippen MR) is 126 cm³/mol. The third-order valence-electron chi connectivity index (χ3n) is 5.94. The minimum atomic E-state index is -4.46. The summed E-state index contributed by atoms with van der Waals surface area (Å²) in [5.74, 6) is 0.327. The Labute approximate surface area is 205 Å². The highest BCUT2D eigenvalue weighted by Crippen LogP contribution is 2.30. The molecule has 1 amide bonds. The molecule has 1 fully saturated rings. The number of benzene rings is 1. The van der Waals surface area contributed by atoms with Gasteiger partial charge in [-0.15, -0.1) is 0 Å². The van der Waals surface area contributed by atoms with Gasteiger partial charge in [0.15, 0.2) is 0 Å². The Morgan fingerprint density at radius 2 is 1.78 bits per heavy atom. The Morgan fingerprint density at radius 3 is 2.47 bits per heavy atom. The van der Waals surface area contributed by atoms with Gasteiger partial charge in [-0.3, -0.25) is 14.7 Å². The Hall–Kier alpha value is -4.05. The summed E-state index contributed by atoms with van der Waals surface area (Å²) in [7, 11) is 0. The first kappa shape index (κ1) is 23.7. The van der Waals surface area contributed by atoms with Gasteiger partial charge in [-0.25, -0.2) is 9.97 Å². The third kappa shape index (κ3) is 5.44. The summed E-state index contributed by atoms with van der Waals surface area (Å²) in [5.41, 5.74) is 1.14. The molecule has 36 heavy (non-hydrogen) atoms. The second-order valence-corrected chi connectivity index (χ2v) is 8.43. The van der Waals surface area contributed by atoms with Crippen LogP contribution in [0.3, 0.4) is 0 Å². The van der Waals surface area contributed by atoms with Crippen molar-refractivity contribution in [2.45, 2.75) is 12.7 Å². The van der Waals surface area contributed by atoms with Crippen molar-refractivity contribution in [2.24, 2.45) is 0 Å². The zero-order valence-electron chi connectivity index (χ0n) is 19.2. The fourth-order valence-electron chi connectivity index (χ4n) is 4.01. The van der Waals surface area contributed by atoms with E-state index in [1.54, 1.807) is 41.4 Å². The first-order chi connectivity index (χ1) is 17.3. The molecule has 184 valence electrons. The number of hydrogen-bond acceptors (Lipinski definition) is 6. The summed E-state index contributed by atoms with van der Waals surface area (Å²) < 4.78 is 43.7. The molecule has 0 radical (unpaired) electrons. The summed E-state index contributed by atoms with van der Waals surface area (Å²) in [6, 6.07) is 16.4. The monoisotopic (exact) mass is 493 g/mol. The number of amides is 1. The number of fused-ring (bicyclic) bond motifs is 1. The molecule has 3 aromatic heterocycles. The molecular weight excluding hydrogens is 471 g/mol. The lowest BCUT2D eigenvalue weighted by Crippen LogP contribution is -2.48. The molecule has 0 bridgehead atoms. The normalized spacial score (nSPS) is 14.7. The van der Waals surface area contributed by atoms with Crippen LogP contribution in [0.2, 0.25) is 0 Å². The minimum absolute atomic E-state index is 0.0456. The second kappa shape index (κ2) is 9.90. The first-order valence-corrected chi connectivity index (χ1v) is 11.4. The third-order valence-corrected chi connectivity index (χ3v) is 5.94. The number of alkyl halides is 3. The van der Waals surface area contributed by atoms with Crippen LogP contribution in [0.4, 0.5) is 13.2 Å². The maximum Gasteiger partial charge on any atom is 0.417 e. The fourth-order valence-corrected chi connectivity index (χ4v) is 4.01. The van der Waals surface area contributed by atoms with Gasteiger partial charge in [-0.1, -0.05) is 12.1 Å². The van der Waals surface area contributed by atoms with Crippen molar-refractivity contribution in [3.63, 3.8) is 0 Å². The van der Waals surface area contributed by atoms with E-state index in [9.17, 15) is 18.0 Å². The lowest BCUT2D eigenvalue weighted by atomic mass is 10.1. The zero-order valence-corrected chi connectivity index (χ0v) is 19.2. The van der Waals surface area contributed by atoms with Crippen molar-refractivity contribution >= 4 is 16.8 Å². The Kier molecular flexibility index (Phi) is 6.51. The number of nitrogens with zero attached hydrogens (tertiary/aromatic N) is 5. The molecule has 0 N–H and O–H groups in total. The van der Waals surface area contributed by atoms with Gasteiger partial charge in [0.25, 0.3) is 5.91 Å². The van der Waals surface area contributed by atoms with Crippen molar-refractivity contribution in [2.75, 3.05) is 26.2 Å². The van der Waals surface area contributed by atoms with Crippen LogP contribution in [0.15, 0.2) is 73.1 Å². The molecule has 5 rings (SSSR count). The van der Waals surface area contributed by atoms with Gasteiger partial charge >= 0.3 is 6.18 Å². The van der Waals surface area contributed by atoms with E-state index in [-0.39, 0.29) is 11.8 Å². The highest BCUT2D eigenvalue weighted by atomic mass is 19.4. The average Bonchev–Trinajstić information content (AvgIpc) is 2.89. The number of pyridine rings is 3. The smallest absolute Gasteiger partial charge is 0.417 e. The van der Waals surface area contributed by atoms with Gasteiger partial charge in [-0.05, 0) is 42.5 Å².